The van der Waals surface area contributed by atoms with E-state index in [1.165, 1.54) is 16.7 Å². The van der Waals surface area contributed by atoms with Gasteiger partial charge in [0, 0.05) is 39.3 Å². The lowest BCUT2D eigenvalue weighted by Gasteiger charge is -2.36. The summed E-state index contributed by atoms with van der Waals surface area (Å²) in [5.41, 5.74) is 3.83. The third-order valence-electron chi connectivity index (χ3n) is 4.76. The zero-order valence-corrected chi connectivity index (χ0v) is 16.4. The maximum atomic E-state index is 5.58. The van der Waals surface area contributed by atoms with Crippen molar-refractivity contribution in [3.63, 3.8) is 0 Å². The van der Waals surface area contributed by atoms with E-state index in [4.69, 9.17) is 17.0 Å². The van der Waals surface area contributed by atoms with E-state index in [0.717, 1.165) is 50.1 Å². The van der Waals surface area contributed by atoms with Gasteiger partial charge in [0.1, 0.15) is 5.75 Å². The Balaban J connectivity index is 1.43. The Hall–Kier alpha value is -2.11. The Morgan fingerprint density at radius 2 is 1.77 bits per heavy atom. The first-order valence-electron chi connectivity index (χ1n) is 9.07. The van der Waals surface area contributed by atoms with Gasteiger partial charge in [-0.2, -0.15) is 0 Å². The SMILES string of the molecule is COc1cccc(CN2CCN(C(=S)NCc3ccc(C)cc3)CC2)c1. The van der Waals surface area contributed by atoms with Crippen molar-refractivity contribution in [1.82, 2.24) is 15.1 Å². The molecular weight excluding hydrogens is 342 g/mol. The summed E-state index contributed by atoms with van der Waals surface area (Å²) in [6.07, 6.45) is 0. The molecule has 1 fully saturated rings. The van der Waals surface area contributed by atoms with Gasteiger partial charge in [0.05, 0.1) is 7.11 Å². The van der Waals surface area contributed by atoms with Crippen molar-refractivity contribution >= 4 is 17.3 Å². The topological polar surface area (TPSA) is 27.7 Å². The lowest BCUT2D eigenvalue weighted by molar-refractivity contribution is 0.174. The second kappa shape index (κ2) is 9.01. The zero-order valence-electron chi connectivity index (χ0n) is 15.6. The average molecular weight is 370 g/mol. The zero-order chi connectivity index (χ0) is 18.4. The van der Waals surface area contributed by atoms with Crippen LogP contribution in [0, 0.1) is 6.92 Å². The minimum Gasteiger partial charge on any atom is -0.497 e. The third kappa shape index (κ3) is 5.19. The van der Waals surface area contributed by atoms with E-state index >= 15 is 0 Å². The van der Waals surface area contributed by atoms with Crippen LogP contribution in [-0.4, -0.2) is 48.2 Å². The van der Waals surface area contributed by atoms with Crippen LogP contribution in [0.1, 0.15) is 16.7 Å². The number of hydrogen-bond donors (Lipinski definition) is 1. The Kier molecular flexibility index (Phi) is 6.47. The van der Waals surface area contributed by atoms with Gasteiger partial charge in [0.25, 0.3) is 0 Å². The number of methoxy groups -OCH3 is 1. The summed E-state index contributed by atoms with van der Waals surface area (Å²) >= 11 is 5.58. The summed E-state index contributed by atoms with van der Waals surface area (Å²) in [5.74, 6) is 0.919. The number of aryl methyl sites for hydroxylation is 1. The highest BCUT2D eigenvalue weighted by Gasteiger charge is 2.19. The van der Waals surface area contributed by atoms with Gasteiger partial charge in [-0.15, -0.1) is 0 Å². The molecule has 0 aromatic heterocycles. The van der Waals surface area contributed by atoms with Gasteiger partial charge in [-0.05, 0) is 42.4 Å². The molecule has 2 aromatic rings. The van der Waals surface area contributed by atoms with Crippen LogP contribution >= 0.6 is 12.2 Å². The van der Waals surface area contributed by atoms with Crippen molar-refractivity contribution in [3.05, 3.63) is 65.2 Å². The van der Waals surface area contributed by atoms with Crippen LogP contribution in [0.5, 0.6) is 5.75 Å². The first-order valence-corrected chi connectivity index (χ1v) is 9.48. The molecule has 0 bridgehead atoms. The fraction of sp³-hybridized carbons (Fsp3) is 0.381. The Labute approximate surface area is 161 Å². The minimum absolute atomic E-state index is 0.781. The number of thiocarbonyl (C=S) groups is 1. The summed E-state index contributed by atoms with van der Waals surface area (Å²) in [6.45, 7) is 7.80. The lowest BCUT2D eigenvalue weighted by atomic mass is 10.1. The van der Waals surface area contributed by atoms with Crippen molar-refractivity contribution in [2.75, 3.05) is 33.3 Å². The van der Waals surface area contributed by atoms with Crippen molar-refractivity contribution in [2.24, 2.45) is 0 Å². The molecule has 4 nitrogen and oxygen atoms in total. The number of benzene rings is 2. The first kappa shape index (κ1) is 18.7. The maximum absolute atomic E-state index is 5.58. The van der Waals surface area contributed by atoms with Gasteiger partial charge < -0.3 is 15.0 Å². The summed E-state index contributed by atoms with van der Waals surface area (Å²) in [7, 11) is 1.71. The number of rotatable bonds is 5. The summed E-state index contributed by atoms with van der Waals surface area (Å²) in [5, 5.41) is 4.24. The number of hydrogen-bond acceptors (Lipinski definition) is 3. The monoisotopic (exact) mass is 369 g/mol. The molecule has 0 radical (unpaired) electrons. The molecule has 1 aliphatic heterocycles. The fourth-order valence-electron chi connectivity index (χ4n) is 3.13. The molecular formula is C21H27N3OS. The van der Waals surface area contributed by atoms with E-state index < -0.39 is 0 Å². The predicted octanol–water partition coefficient (Wildman–Crippen LogP) is 3.20. The van der Waals surface area contributed by atoms with E-state index in [0.29, 0.717) is 0 Å². The number of nitrogens with one attached hydrogen (secondary N) is 1. The van der Waals surface area contributed by atoms with Crippen molar-refractivity contribution in [2.45, 2.75) is 20.0 Å². The molecule has 0 spiro atoms. The molecule has 5 heteroatoms. The molecule has 0 unspecified atom stereocenters. The second-order valence-corrected chi connectivity index (χ2v) is 7.15. The second-order valence-electron chi connectivity index (χ2n) is 6.76. The lowest BCUT2D eigenvalue weighted by Crippen LogP contribution is -2.51. The molecule has 0 saturated carbocycles. The van der Waals surface area contributed by atoms with Gasteiger partial charge in [0.2, 0.25) is 0 Å². The number of nitrogens with zero attached hydrogens (tertiary/aromatic N) is 2. The Morgan fingerprint density at radius 3 is 2.46 bits per heavy atom. The standard InChI is InChI=1S/C21H27N3OS/c1-17-6-8-18(9-7-17)15-22-21(26)24-12-10-23(11-13-24)16-19-4-3-5-20(14-19)25-2/h3-9,14H,10-13,15-16H2,1-2H3,(H,22,26). The van der Waals surface area contributed by atoms with Crippen LogP contribution in [0.2, 0.25) is 0 Å². The average Bonchev–Trinajstić information content (AvgIpc) is 2.68. The third-order valence-corrected chi connectivity index (χ3v) is 5.17. The molecule has 1 saturated heterocycles. The highest BCUT2D eigenvalue weighted by molar-refractivity contribution is 7.80. The van der Waals surface area contributed by atoms with Crippen LogP contribution in [0.25, 0.3) is 0 Å². The van der Waals surface area contributed by atoms with Gasteiger partial charge in [-0.1, -0.05) is 42.0 Å². The highest BCUT2D eigenvalue weighted by Crippen LogP contribution is 2.15. The minimum atomic E-state index is 0.781. The molecule has 1 heterocycles. The van der Waals surface area contributed by atoms with Crippen LogP contribution < -0.4 is 10.1 Å². The predicted molar refractivity (Wildman–Crippen MR) is 110 cm³/mol. The van der Waals surface area contributed by atoms with Crippen molar-refractivity contribution in [1.29, 1.82) is 0 Å². The van der Waals surface area contributed by atoms with Gasteiger partial charge in [-0.25, -0.2) is 0 Å². The fourth-order valence-corrected chi connectivity index (χ4v) is 3.39. The molecule has 3 rings (SSSR count). The van der Waals surface area contributed by atoms with Crippen molar-refractivity contribution in [3.8, 4) is 5.75 Å². The van der Waals surface area contributed by atoms with Crippen LogP contribution in [0.4, 0.5) is 0 Å². The van der Waals surface area contributed by atoms with E-state index in [-0.39, 0.29) is 0 Å². The molecule has 138 valence electrons. The summed E-state index contributed by atoms with van der Waals surface area (Å²) < 4.78 is 5.31. The summed E-state index contributed by atoms with van der Waals surface area (Å²) in [4.78, 5) is 4.74. The Bertz CT molecular complexity index is 724. The summed E-state index contributed by atoms with van der Waals surface area (Å²) in [6, 6.07) is 16.9. The van der Waals surface area contributed by atoms with Crippen molar-refractivity contribution < 1.29 is 4.74 Å². The van der Waals surface area contributed by atoms with Crippen LogP contribution in [-0.2, 0) is 13.1 Å². The molecule has 1 aliphatic rings. The smallest absolute Gasteiger partial charge is 0.169 e. The van der Waals surface area contributed by atoms with Gasteiger partial charge >= 0.3 is 0 Å². The molecule has 26 heavy (non-hydrogen) atoms. The first-order chi connectivity index (χ1) is 12.6. The largest absolute Gasteiger partial charge is 0.497 e. The van der Waals surface area contributed by atoms with Crippen LogP contribution in [0.3, 0.4) is 0 Å². The normalized spacial score (nSPS) is 14.9. The van der Waals surface area contributed by atoms with Gasteiger partial charge in [-0.3, -0.25) is 4.90 Å². The number of piperazine rings is 1. The molecule has 0 aliphatic carbocycles. The molecule has 0 amide bonds. The quantitative estimate of drug-likeness (QED) is 0.817. The highest BCUT2D eigenvalue weighted by atomic mass is 32.1. The van der Waals surface area contributed by atoms with Crippen LogP contribution in [0.15, 0.2) is 48.5 Å². The van der Waals surface area contributed by atoms with Gasteiger partial charge in [0.15, 0.2) is 5.11 Å². The molecule has 0 atom stereocenters. The van der Waals surface area contributed by atoms with E-state index in [2.05, 4.69) is 64.5 Å². The van der Waals surface area contributed by atoms with E-state index in [1.54, 1.807) is 7.11 Å². The van der Waals surface area contributed by atoms with E-state index in [9.17, 15) is 0 Å². The molecule has 1 N–H and O–H groups in total. The Morgan fingerprint density at radius 1 is 1.04 bits per heavy atom. The number of ether oxygens (including phenoxy) is 1. The molecule has 2 aromatic carbocycles. The van der Waals surface area contributed by atoms with E-state index in [1.807, 2.05) is 6.07 Å². The maximum Gasteiger partial charge on any atom is 0.169 e.